The molecule has 1 amide bonds. The van der Waals surface area contributed by atoms with Gasteiger partial charge >= 0.3 is 0 Å². The van der Waals surface area contributed by atoms with Gasteiger partial charge in [0.05, 0.1) is 5.52 Å². The summed E-state index contributed by atoms with van der Waals surface area (Å²) >= 11 is 0. The maximum atomic E-state index is 11.8. The summed E-state index contributed by atoms with van der Waals surface area (Å²) in [5.41, 5.74) is 7.18. The number of hydrogen-bond donors (Lipinski definition) is 3. The average molecular weight is 324 g/mol. The number of phenolic OH excluding ortho intramolecular Hbond substituents is 1. The molecule has 0 aliphatic rings. The Labute approximate surface area is 140 Å². The van der Waals surface area contributed by atoms with Crippen LogP contribution < -0.4 is 5.73 Å². The van der Waals surface area contributed by atoms with Gasteiger partial charge in [-0.05, 0) is 37.5 Å². The summed E-state index contributed by atoms with van der Waals surface area (Å²) in [6.45, 7) is 2.05. The van der Waals surface area contributed by atoms with Gasteiger partial charge in [0.2, 0.25) is 0 Å². The number of phenols is 2. The molecule has 0 bridgehead atoms. The lowest BCUT2D eigenvalue weighted by Gasteiger charge is -2.17. The summed E-state index contributed by atoms with van der Waals surface area (Å²) in [5.74, 6) is -1.57. The van der Waals surface area contributed by atoms with E-state index in [1.54, 1.807) is 6.07 Å². The highest BCUT2D eigenvalue weighted by Gasteiger charge is 2.21. The van der Waals surface area contributed by atoms with E-state index in [9.17, 15) is 15.0 Å². The Hall–Kier alpha value is -2.95. The Morgan fingerprint density at radius 1 is 1.21 bits per heavy atom. The summed E-state index contributed by atoms with van der Waals surface area (Å²) in [4.78, 5) is 11.8. The minimum Gasteiger partial charge on any atom is -0.504 e. The van der Waals surface area contributed by atoms with Gasteiger partial charge in [0.15, 0.2) is 11.5 Å². The van der Waals surface area contributed by atoms with Crippen molar-refractivity contribution in [2.75, 3.05) is 0 Å². The van der Waals surface area contributed by atoms with E-state index < -0.39 is 11.7 Å². The second-order valence-electron chi connectivity index (χ2n) is 6.02. The second-order valence-corrected chi connectivity index (χ2v) is 6.02. The van der Waals surface area contributed by atoms with E-state index in [2.05, 4.69) is 19.1 Å². The molecule has 0 spiro atoms. The number of amides is 1. The fourth-order valence-electron chi connectivity index (χ4n) is 3.07. The van der Waals surface area contributed by atoms with E-state index in [1.165, 1.54) is 11.6 Å². The van der Waals surface area contributed by atoms with Gasteiger partial charge in [0, 0.05) is 17.6 Å². The number of aromatic nitrogens is 1. The Kier molecular flexibility index (Phi) is 4.16. The molecule has 1 heterocycles. The molecular formula is C19H20N2O3. The van der Waals surface area contributed by atoms with Crippen LogP contribution in [-0.2, 0) is 6.42 Å². The molecule has 0 aliphatic heterocycles. The van der Waals surface area contributed by atoms with E-state index in [1.807, 2.05) is 29.0 Å². The molecule has 3 rings (SSSR count). The van der Waals surface area contributed by atoms with Crippen molar-refractivity contribution >= 4 is 16.8 Å². The smallest absolute Gasteiger partial charge is 0.254 e. The predicted octanol–water partition coefficient (Wildman–Crippen LogP) is 3.35. The molecule has 1 atom stereocenters. The maximum absolute atomic E-state index is 11.8. The Bertz CT molecular complexity index is 885. The molecule has 0 radical (unpaired) electrons. The predicted molar refractivity (Wildman–Crippen MR) is 93.3 cm³/mol. The van der Waals surface area contributed by atoms with Gasteiger partial charge in [-0.1, -0.05) is 30.3 Å². The molecular weight excluding hydrogens is 304 g/mol. The van der Waals surface area contributed by atoms with Crippen molar-refractivity contribution in [2.45, 2.75) is 25.8 Å². The van der Waals surface area contributed by atoms with Crippen molar-refractivity contribution in [1.29, 1.82) is 0 Å². The van der Waals surface area contributed by atoms with Gasteiger partial charge in [-0.15, -0.1) is 0 Å². The summed E-state index contributed by atoms with van der Waals surface area (Å²) < 4.78 is 1.93. The highest BCUT2D eigenvalue weighted by atomic mass is 16.3. The molecule has 5 heteroatoms. The van der Waals surface area contributed by atoms with Gasteiger partial charge in [0.1, 0.15) is 5.56 Å². The van der Waals surface area contributed by atoms with Crippen molar-refractivity contribution < 1.29 is 15.0 Å². The van der Waals surface area contributed by atoms with Crippen LogP contribution in [0.4, 0.5) is 0 Å². The van der Waals surface area contributed by atoms with E-state index in [0.717, 1.165) is 12.8 Å². The number of benzene rings is 2. The van der Waals surface area contributed by atoms with E-state index in [0.29, 0.717) is 10.9 Å². The van der Waals surface area contributed by atoms with Crippen molar-refractivity contribution in [1.82, 2.24) is 4.57 Å². The lowest BCUT2D eigenvalue weighted by molar-refractivity contribution is 0.0998. The first-order chi connectivity index (χ1) is 11.5. The molecule has 124 valence electrons. The van der Waals surface area contributed by atoms with Crippen molar-refractivity contribution in [3.8, 4) is 11.5 Å². The van der Waals surface area contributed by atoms with Crippen LogP contribution in [0.2, 0.25) is 0 Å². The van der Waals surface area contributed by atoms with Crippen LogP contribution in [0.25, 0.3) is 10.9 Å². The van der Waals surface area contributed by atoms with Crippen molar-refractivity contribution in [3.63, 3.8) is 0 Å². The molecule has 1 unspecified atom stereocenters. The number of nitrogens with zero attached hydrogens (tertiary/aromatic N) is 1. The molecule has 1 aromatic heterocycles. The number of aromatic hydroxyl groups is 2. The van der Waals surface area contributed by atoms with Gasteiger partial charge < -0.3 is 20.5 Å². The first-order valence-corrected chi connectivity index (χ1v) is 7.88. The number of primary amides is 1. The van der Waals surface area contributed by atoms with Crippen LogP contribution in [0.5, 0.6) is 11.5 Å². The topological polar surface area (TPSA) is 88.5 Å². The number of carbonyl (C=O) groups excluding carboxylic acids is 1. The van der Waals surface area contributed by atoms with Gasteiger partial charge in [-0.25, -0.2) is 0 Å². The first kappa shape index (κ1) is 15.9. The van der Waals surface area contributed by atoms with Crippen LogP contribution in [0, 0.1) is 0 Å². The lowest BCUT2D eigenvalue weighted by Crippen LogP contribution is -2.15. The maximum Gasteiger partial charge on any atom is 0.254 e. The average Bonchev–Trinajstić information content (AvgIpc) is 2.97. The summed E-state index contributed by atoms with van der Waals surface area (Å²) in [6, 6.07) is 13.5. The standard InChI is InChI=1S/C19H20N2O3/c1-12(7-8-13-5-3-2-4-6-13)21-10-9-14-11-15(22)18(23)16(17(14)21)19(20)24/h2-6,9-12,22-23H,7-8H2,1H3,(H2,20,24). The highest BCUT2D eigenvalue weighted by molar-refractivity contribution is 6.08. The Morgan fingerprint density at radius 3 is 2.58 bits per heavy atom. The number of hydrogen-bond acceptors (Lipinski definition) is 3. The Morgan fingerprint density at radius 2 is 1.92 bits per heavy atom. The molecule has 4 N–H and O–H groups in total. The van der Waals surface area contributed by atoms with Crippen LogP contribution >= 0.6 is 0 Å². The molecule has 0 aliphatic carbocycles. The van der Waals surface area contributed by atoms with E-state index in [4.69, 9.17) is 5.73 Å². The van der Waals surface area contributed by atoms with Crippen molar-refractivity contribution in [3.05, 3.63) is 59.8 Å². The number of fused-ring (bicyclic) bond motifs is 1. The molecule has 2 aromatic carbocycles. The van der Waals surface area contributed by atoms with E-state index >= 15 is 0 Å². The number of aryl methyl sites for hydroxylation is 1. The highest BCUT2D eigenvalue weighted by Crippen LogP contribution is 2.37. The third-order valence-electron chi connectivity index (χ3n) is 4.37. The largest absolute Gasteiger partial charge is 0.504 e. The van der Waals surface area contributed by atoms with Crippen LogP contribution in [0.1, 0.15) is 35.3 Å². The van der Waals surface area contributed by atoms with Crippen molar-refractivity contribution in [2.24, 2.45) is 5.73 Å². The monoisotopic (exact) mass is 324 g/mol. The normalized spacial score (nSPS) is 12.4. The van der Waals surface area contributed by atoms with Gasteiger partial charge in [-0.2, -0.15) is 0 Å². The molecule has 3 aromatic rings. The number of rotatable bonds is 5. The summed E-state index contributed by atoms with van der Waals surface area (Å²) in [5, 5.41) is 20.5. The molecule has 24 heavy (non-hydrogen) atoms. The zero-order valence-corrected chi connectivity index (χ0v) is 13.4. The number of nitrogens with two attached hydrogens (primary N) is 1. The van der Waals surface area contributed by atoms with Crippen LogP contribution in [-0.4, -0.2) is 20.7 Å². The van der Waals surface area contributed by atoms with E-state index in [-0.39, 0.29) is 17.4 Å². The quantitative estimate of drug-likeness (QED) is 0.629. The zero-order chi connectivity index (χ0) is 17.3. The van der Waals surface area contributed by atoms with Gasteiger partial charge in [-0.3, -0.25) is 4.79 Å². The lowest BCUT2D eigenvalue weighted by atomic mass is 10.0. The fraction of sp³-hybridized carbons (Fsp3) is 0.211. The van der Waals surface area contributed by atoms with Crippen LogP contribution in [0.15, 0.2) is 48.7 Å². The molecule has 5 nitrogen and oxygen atoms in total. The first-order valence-electron chi connectivity index (χ1n) is 7.88. The van der Waals surface area contributed by atoms with Gasteiger partial charge in [0.25, 0.3) is 5.91 Å². The summed E-state index contributed by atoms with van der Waals surface area (Å²) in [7, 11) is 0. The van der Waals surface area contributed by atoms with Crippen LogP contribution in [0.3, 0.4) is 0 Å². The minimum absolute atomic E-state index is 0.0402. The second kappa shape index (κ2) is 6.28. The summed E-state index contributed by atoms with van der Waals surface area (Å²) in [6.07, 6.45) is 3.62. The molecule has 0 fully saturated rings. The minimum atomic E-state index is -0.761. The Balaban J connectivity index is 1.97. The third-order valence-corrected chi connectivity index (χ3v) is 4.37. The molecule has 0 saturated carbocycles. The zero-order valence-electron chi connectivity index (χ0n) is 13.4. The SMILES string of the molecule is CC(CCc1ccccc1)n1ccc2cc(O)c(O)c(C(N)=O)c21. The third kappa shape index (κ3) is 2.80. The number of carbonyl (C=O) groups is 1. The fourth-order valence-corrected chi connectivity index (χ4v) is 3.07. The molecule has 0 saturated heterocycles.